The van der Waals surface area contributed by atoms with Gasteiger partial charge in [-0.25, -0.2) is 14.6 Å². The fourth-order valence-electron chi connectivity index (χ4n) is 4.74. The third-order valence-corrected chi connectivity index (χ3v) is 6.78. The molecular weight excluding hydrogens is 438 g/mol. The summed E-state index contributed by atoms with van der Waals surface area (Å²) in [5.74, 6) is 1.36. The number of aryl methyl sites for hydroxylation is 1. The molecule has 1 saturated carbocycles. The summed E-state index contributed by atoms with van der Waals surface area (Å²) in [6.07, 6.45) is 4.09. The normalized spacial score (nSPS) is 14.2. The van der Waals surface area contributed by atoms with Crippen LogP contribution in [0.5, 0.6) is 0 Å². The minimum Gasteiger partial charge on any atom is -0.389 e. The van der Waals surface area contributed by atoms with Crippen molar-refractivity contribution in [2.45, 2.75) is 59.6 Å². The number of nitrogens with zero attached hydrogens (tertiary/aromatic N) is 7. The molecule has 0 radical (unpaired) electrons. The summed E-state index contributed by atoms with van der Waals surface area (Å²) in [5, 5.41) is 28.9. The van der Waals surface area contributed by atoms with E-state index in [1.54, 1.807) is 17.9 Å². The maximum atomic E-state index is 10.1. The number of benzene rings is 1. The SMILES string of the molecule is Cc1nn(-c2cc(Cc3c(C)c(-c4ccc(C#N)cc4)nn3CC3CC3)ncn2)c(C)c1C(C)O. The monoisotopic (exact) mass is 467 g/mol. The van der Waals surface area contributed by atoms with Crippen LogP contribution in [0.3, 0.4) is 0 Å². The average Bonchev–Trinajstić information content (AvgIpc) is 3.55. The second-order valence-electron chi connectivity index (χ2n) is 9.45. The number of aliphatic hydroxyl groups excluding tert-OH is 1. The maximum Gasteiger partial charge on any atom is 0.157 e. The van der Waals surface area contributed by atoms with Crippen LogP contribution in [0.2, 0.25) is 0 Å². The van der Waals surface area contributed by atoms with Crippen LogP contribution in [-0.4, -0.2) is 34.6 Å². The quantitative estimate of drug-likeness (QED) is 0.432. The Balaban J connectivity index is 1.51. The van der Waals surface area contributed by atoms with E-state index in [0.29, 0.717) is 23.7 Å². The summed E-state index contributed by atoms with van der Waals surface area (Å²) in [5.41, 5.74) is 8.23. The number of aromatic nitrogens is 6. The summed E-state index contributed by atoms with van der Waals surface area (Å²) in [6.45, 7) is 8.61. The molecule has 1 unspecified atom stereocenters. The van der Waals surface area contributed by atoms with Crippen molar-refractivity contribution in [2.75, 3.05) is 0 Å². The van der Waals surface area contributed by atoms with Crippen LogP contribution in [0.4, 0.5) is 0 Å². The highest BCUT2D eigenvalue weighted by Crippen LogP contribution is 2.33. The first-order valence-corrected chi connectivity index (χ1v) is 12.0. The van der Waals surface area contributed by atoms with E-state index in [1.165, 1.54) is 12.8 Å². The van der Waals surface area contributed by atoms with Crippen molar-refractivity contribution in [3.63, 3.8) is 0 Å². The maximum absolute atomic E-state index is 10.1. The number of hydrogen-bond donors (Lipinski definition) is 1. The van der Waals surface area contributed by atoms with Gasteiger partial charge in [-0.2, -0.15) is 15.5 Å². The third kappa shape index (κ3) is 4.47. The highest BCUT2D eigenvalue weighted by molar-refractivity contribution is 5.65. The third-order valence-electron chi connectivity index (χ3n) is 6.78. The van der Waals surface area contributed by atoms with Gasteiger partial charge >= 0.3 is 0 Å². The molecule has 0 spiro atoms. The summed E-state index contributed by atoms with van der Waals surface area (Å²) >= 11 is 0. The molecule has 3 aromatic heterocycles. The van der Waals surface area contributed by atoms with Gasteiger partial charge in [0.1, 0.15) is 6.33 Å². The highest BCUT2D eigenvalue weighted by Gasteiger charge is 2.26. The second kappa shape index (κ2) is 9.08. The van der Waals surface area contributed by atoms with E-state index in [2.05, 4.69) is 32.7 Å². The molecule has 178 valence electrons. The Bertz CT molecular complexity index is 1420. The Morgan fingerprint density at radius 3 is 2.49 bits per heavy atom. The van der Waals surface area contributed by atoms with Gasteiger partial charge in [-0.15, -0.1) is 0 Å². The van der Waals surface area contributed by atoms with Crippen LogP contribution in [0.25, 0.3) is 17.1 Å². The van der Waals surface area contributed by atoms with E-state index in [9.17, 15) is 5.11 Å². The molecule has 0 saturated heterocycles. The highest BCUT2D eigenvalue weighted by atomic mass is 16.3. The van der Waals surface area contributed by atoms with Crippen LogP contribution >= 0.6 is 0 Å². The molecule has 4 aromatic rings. The van der Waals surface area contributed by atoms with E-state index in [4.69, 9.17) is 10.4 Å². The lowest BCUT2D eigenvalue weighted by atomic mass is 10.0. The van der Waals surface area contributed by atoms with Gasteiger partial charge in [-0.3, -0.25) is 4.68 Å². The summed E-state index contributed by atoms with van der Waals surface area (Å²) < 4.78 is 3.91. The number of hydrogen-bond acceptors (Lipinski definition) is 6. The van der Waals surface area contributed by atoms with E-state index in [0.717, 1.165) is 51.7 Å². The minimum absolute atomic E-state index is 0.592. The zero-order chi connectivity index (χ0) is 24.7. The summed E-state index contributed by atoms with van der Waals surface area (Å²) in [4.78, 5) is 9.01. The fourth-order valence-corrected chi connectivity index (χ4v) is 4.74. The van der Waals surface area contributed by atoms with E-state index in [-0.39, 0.29) is 0 Å². The Labute approximate surface area is 204 Å². The first kappa shape index (κ1) is 22.9. The number of aliphatic hydroxyl groups is 1. The van der Waals surface area contributed by atoms with Crippen molar-refractivity contribution >= 4 is 0 Å². The molecule has 1 aromatic carbocycles. The Hall–Kier alpha value is -3.83. The van der Waals surface area contributed by atoms with Crippen molar-refractivity contribution < 1.29 is 5.11 Å². The summed E-state index contributed by atoms with van der Waals surface area (Å²) in [7, 11) is 0. The lowest BCUT2D eigenvalue weighted by molar-refractivity contribution is 0.197. The van der Waals surface area contributed by atoms with Gasteiger partial charge in [-0.05, 0) is 64.2 Å². The van der Waals surface area contributed by atoms with Gasteiger partial charge in [0.15, 0.2) is 5.82 Å². The molecule has 1 aliphatic rings. The molecule has 1 fully saturated rings. The van der Waals surface area contributed by atoms with E-state index >= 15 is 0 Å². The average molecular weight is 468 g/mol. The Morgan fingerprint density at radius 2 is 1.86 bits per heavy atom. The lowest BCUT2D eigenvalue weighted by Crippen LogP contribution is -2.10. The molecule has 0 bridgehead atoms. The minimum atomic E-state index is -0.592. The first-order valence-electron chi connectivity index (χ1n) is 12.0. The van der Waals surface area contributed by atoms with Crippen molar-refractivity contribution in [2.24, 2.45) is 5.92 Å². The smallest absolute Gasteiger partial charge is 0.157 e. The summed E-state index contributed by atoms with van der Waals surface area (Å²) in [6, 6.07) is 11.7. The van der Waals surface area contributed by atoms with Gasteiger partial charge in [0.2, 0.25) is 0 Å². The van der Waals surface area contributed by atoms with Crippen molar-refractivity contribution in [1.29, 1.82) is 5.26 Å². The van der Waals surface area contributed by atoms with Crippen molar-refractivity contribution in [3.8, 4) is 23.1 Å². The molecule has 3 heterocycles. The predicted molar refractivity (Wildman–Crippen MR) is 132 cm³/mol. The first-order chi connectivity index (χ1) is 16.9. The van der Waals surface area contributed by atoms with E-state index < -0.39 is 6.10 Å². The van der Waals surface area contributed by atoms with E-state index in [1.807, 2.05) is 44.2 Å². The van der Waals surface area contributed by atoms with Crippen LogP contribution in [-0.2, 0) is 13.0 Å². The van der Waals surface area contributed by atoms with Crippen molar-refractivity contribution in [1.82, 2.24) is 29.5 Å². The van der Waals surface area contributed by atoms with Crippen LogP contribution in [0.15, 0.2) is 36.7 Å². The van der Waals surface area contributed by atoms with Gasteiger partial charge in [-0.1, -0.05) is 12.1 Å². The van der Waals surface area contributed by atoms with Crippen LogP contribution < -0.4 is 0 Å². The molecule has 0 amide bonds. The molecule has 1 atom stereocenters. The van der Waals surface area contributed by atoms with Gasteiger partial charge in [0.05, 0.1) is 34.8 Å². The predicted octanol–water partition coefficient (Wildman–Crippen LogP) is 4.38. The molecule has 1 aliphatic carbocycles. The zero-order valence-corrected chi connectivity index (χ0v) is 20.5. The second-order valence-corrected chi connectivity index (χ2v) is 9.45. The molecule has 35 heavy (non-hydrogen) atoms. The lowest BCUT2D eigenvalue weighted by Gasteiger charge is -2.10. The topological polar surface area (TPSA) is 105 Å². The van der Waals surface area contributed by atoms with Crippen LogP contribution in [0.1, 0.15) is 65.3 Å². The molecular formula is C27H29N7O. The van der Waals surface area contributed by atoms with Crippen LogP contribution in [0, 0.1) is 38.0 Å². The fraction of sp³-hybridized carbons (Fsp3) is 0.370. The molecule has 1 N–H and O–H groups in total. The molecule has 5 rings (SSSR count). The zero-order valence-electron chi connectivity index (χ0n) is 20.5. The largest absolute Gasteiger partial charge is 0.389 e. The van der Waals surface area contributed by atoms with Gasteiger partial charge in [0.25, 0.3) is 0 Å². The Kier molecular flexibility index (Phi) is 5.95. The van der Waals surface area contributed by atoms with Gasteiger partial charge < -0.3 is 5.11 Å². The van der Waals surface area contributed by atoms with Gasteiger partial charge in [0, 0.05) is 41.5 Å². The molecule has 8 heteroatoms. The molecule has 0 aliphatic heterocycles. The standard InChI is InChI=1S/C27H29N7O/c1-16-24(33(14-21-5-6-21)32-27(16)22-9-7-20(13-28)8-10-22)11-23-12-25(30-15-29-23)34-18(3)26(19(4)35)17(2)31-34/h7-10,12,15,19,21,35H,5-6,11,14H2,1-4H3. The number of nitriles is 1. The Morgan fingerprint density at radius 1 is 1.11 bits per heavy atom. The number of rotatable bonds is 7. The van der Waals surface area contributed by atoms with Crippen molar-refractivity contribution in [3.05, 3.63) is 76.1 Å². The molecule has 8 nitrogen and oxygen atoms in total.